The van der Waals surface area contributed by atoms with Gasteiger partial charge in [0, 0.05) is 46.7 Å². The van der Waals surface area contributed by atoms with Gasteiger partial charge in [0.25, 0.3) is 10.1 Å². The quantitative estimate of drug-likeness (QED) is 0.0339. The molecule has 0 aliphatic heterocycles. The molecule has 508 valence electrons. The van der Waals surface area contributed by atoms with E-state index in [1.807, 2.05) is 60.1 Å². The third-order valence-electron chi connectivity index (χ3n) is 19.2. The zero-order valence-electron chi connectivity index (χ0n) is 57.8. The number of rotatable bonds is 17. The van der Waals surface area contributed by atoms with E-state index < -0.39 is 56.6 Å². The maximum absolute atomic E-state index is 13.2. The summed E-state index contributed by atoms with van der Waals surface area (Å²) in [5.41, 5.74) is 2.32. The molecule has 8 aliphatic rings. The van der Waals surface area contributed by atoms with Crippen LogP contribution in [0.3, 0.4) is 0 Å². The molecule has 0 radical (unpaired) electrons. The van der Waals surface area contributed by atoms with E-state index in [0.717, 1.165) is 116 Å². The summed E-state index contributed by atoms with van der Waals surface area (Å²) in [7, 11) is -3.52. The van der Waals surface area contributed by atoms with Gasteiger partial charge in [-0.1, -0.05) is 71.7 Å². The van der Waals surface area contributed by atoms with Crippen LogP contribution in [-0.2, 0) is 56.5 Å². The van der Waals surface area contributed by atoms with Crippen LogP contribution in [0.25, 0.3) is 22.3 Å². The van der Waals surface area contributed by atoms with Gasteiger partial charge in [0.1, 0.15) is 27.1 Å². The molecule has 0 spiro atoms. The van der Waals surface area contributed by atoms with Crippen LogP contribution in [0.2, 0.25) is 10.3 Å². The molecule has 12 rings (SSSR count). The van der Waals surface area contributed by atoms with E-state index in [-0.39, 0.29) is 91.6 Å². The van der Waals surface area contributed by atoms with Crippen LogP contribution in [-0.4, -0.2) is 133 Å². The van der Waals surface area contributed by atoms with E-state index in [9.17, 15) is 32.7 Å². The summed E-state index contributed by atoms with van der Waals surface area (Å²) in [6.45, 7) is 37.4. The zero-order chi connectivity index (χ0) is 68.2. The number of carbonyl (C=O) groups is 4. The highest BCUT2D eigenvalue weighted by atomic mass is 35.5. The fourth-order valence-electron chi connectivity index (χ4n) is 19.0. The lowest BCUT2D eigenvalue weighted by Crippen LogP contribution is -2.64. The second kappa shape index (κ2) is 24.2. The lowest BCUT2D eigenvalue weighted by Gasteiger charge is -2.69. The third-order valence-corrected chi connectivity index (χ3v) is 20.2. The first-order chi connectivity index (χ1) is 42.0. The van der Waals surface area contributed by atoms with Gasteiger partial charge < -0.3 is 28.8 Å². The minimum atomic E-state index is -3.52. The van der Waals surface area contributed by atoms with Crippen LogP contribution in [0.5, 0.6) is 0 Å². The first kappa shape index (κ1) is 71.1. The number of imide groups is 1. The van der Waals surface area contributed by atoms with E-state index in [4.69, 9.17) is 61.3 Å². The smallest absolute Gasteiger partial charge is 0.419 e. The van der Waals surface area contributed by atoms with Crippen molar-refractivity contribution in [2.45, 2.75) is 248 Å². The number of pyridine rings is 2. The number of carboxylic acid groups (broad SMARTS) is 1. The Kier molecular flexibility index (Phi) is 18.7. The Labute approximate surface area is 554 Å². The summed E-state index contributed by atoms with van der Waals surface area (Å²) in [5, 5.41) is 20.1. The molecule has 8 saturated carbocycles. The molecule has 8 bridgehead atoms. The molecule has 23 heteroatoms. The Balaban J connectivity index is 0.000000222. The fraction of sp³-hybridized carbons (Fsp3) is 0.710. The number of carboxylic acids is 1. The molecular formula is C69H99Cl2N7O13S. The number of aromatic carboxylic acids is 1. The van der Waals surface area contributed by atoms with Gasteiger partial charge >= 0.3 is 24.1 Å². The van der Waals surface area contributed by atoms with E-state index in [1.54, 1.807) is 72.1 Å². The van der Waals surface area contributed by atoms with Crippen LogP contribution in [0, 0.1) is 46.3 Å². The van der Waals surface area contributed by atoms with E-state index in [2.05, 4.69) is 42.3 Å². The molecule has 20 nitrogen and oxygen atoms in total. The van der Waals surface area contributed by atoms with Crippen molar-refractivity contribution in [2.24, 2.45) is 32.5 Å². The van der Waals surface area contributed by atoms with Crippen LogP contribution in [0.4, 0.5) is 9.59 Å². The predicted molar refractivity (Wildman–Crippen MR) is 351 cm³/mol. The van der Waals surface area contributed by atoms with Crippen molar-refractivity contribution in [1.29, 1.82) is 0 Å². The largest absolute Gasteiger partial charge is 0.476 e. The second-order valence-electron chi connectivity index (χ2n) is 34.0. The molecule has 2 amide bonds. The Morgan fingerprint density at radius 3 is 1.45 bits per heavy atom. The molecule has 4 unspecified atom stereocenters. The molecule has 0 saturated heterocycles. The van der Waals surface area contributed by atoms with Crippen LogP contribution in [0.15, 0.2) is 30.6 Å². The molecule has 8 aliphatic carbocycles. The van der Waals surface area contributed by atoms with Crippen molar-refractivity contribution in [3.8, 4) is 22.3 Å². The number of halogens is 2. The SMILES string of the molecule is Cc1c(-c2c(C(C)(C)C)cc(Cl)nc2C(=O)O)cnn1CC12CC3(C)CC(C)(C1)CC(OCCOS(C)(=O)=O)(C3)C2.Cc1c(-c2ccc(Cl)nc2C(=O)OC(C)(C)C)cnn1CC12CC3(C)CC(C)(C1)CC(OCCN(C(=O)OC(C)(C)C)C(=O)OC(C)(C)C)(C3)C2. The number of hydrogen-bond donors (Lipinski definition) is 1. The summed E-state index contributed by atoms with van der Waals surface area (Å²) in [6, 6.07) is 5.24. The molecule has 1 N–H and O–H groups in total. The molecule has 4 aromatic heterocycles. The number of aromatic nitrogens is 6. The predicted octanol–water partition coefficient (Wildman–Crippen LogP) is 15.2. The average molecular weight is 1340 g/mol. The number of ether oxygens (including phenoxy) is 5. The third kappa shape index (κ3) is 16.0. The molecule has 4 atom stereocenters. The van der Waals surface area contributed by atoms with Crippen molar-refractivity contribution in [1.82, 2.24) is 34.4 Å². The van der Waals surface area contributed by atoms with Crippen molar-refractivity contribution >= 4 is 57.4 Å². The van der Waals surface area contributed by atoms with Gasteiger partial charge in [0.15, 0.2) is 11.4 Å². The van der Waals surface area contributed by atoms with Gasteiger partial charge in [-0.05, 0) is 215 Å². The summed E-state index contributed by atoms with van der Waals surface area (Å²) >= 11 is 12.5. The normalized spacial score (nSPS) is 29.0. The first-order valence-corrected chi connectivity index (χ1v) is 34.8. The Morgan fingerprint density at radius 1 is 0.576 bits per heavy atom. The Hall–Kier alpha value is -5.19. The Bertz CT molecular complexity index is 3580. The fourth-order valence-corrected chi connectivity index (χ4v) is 19.7. The zero-order valence-corrected chi connectivity index (χ0v) is 60.1. The van der Waals surface area contributed by atoms with Gasteiger partial charge in [0.05, 0.1) is 56.2 Å². The van der Waals surface area contributed by atoms with Crippen molar-refractivity contribution in [2.75, 3.05) is 32.6 Å². The van der Waals surface area contributed by atoms with Gasteiger partial charge in [0.2, 0.25) is 0 Å². The number of carbonyl (C=O) groups excluding carboxylic acids is 3. The highest BCUT2D eigenvalue weighted by Gasteiger charge is 2.68. The first-order valence-electron chi connectivity index (χ1n) is 32.2. The molecule has 8 fully saturated rings. The van der Waals surface area contributed by atoms with Crippen molar-refractivity contribution in [3.63, 3.8) is 0 Å². The average Bonchev–Trinajstić information content (AvgIpc) is 0.748. The summed E-state index contributed by atoms with van der Waals surface area (Å²) in [4.78, 5) is 61.4. The molecule has 92 heavy (non-hydrogen) atoms. The van der Waals surface area contributed by atoms with Gasteiger partial charge in [-0.2, -0.15) is 18.6 Å². The Morgan fingerprint density at radius 2 is 1.01 bits per heavy atom. The van der Waals surface area contributed by atoms with Crippen LogP contribution >= 0.6 is 23.2 Å². The molecule has 4 heterocycles. The number of amides is 2. The molecule has 0 aromatic carbocycles. The van der Waals surface area contributed by atoms with Gasteiger partial charge in [-0.25, -0.2) is 34.0 Å². The lowest BCUT2D eigenvalue weighted by atomic mass is 9.39. The van der Waals surface area contributed by atoms with Crippen LogP contribution < -0.4 is 0 Å². The summed E-state index contributed by atoms with van der Waals surface area (Å²) in [6.07, 6.45) is 15.0. The van der Waals surface area contributed by atoms with E-state index in [0.29, 0.717) is 24.2 Å². The van der Waals surface area contributed by atoms with Crippen molar-refractivity contribution in [3.05, 3.63) is 69.2 Å². The summed E-state index contributed by atoms with van der Waals surface area (Å²) in [5.74, 6) is -1.66. The minimum Gasteiger partial charge on any atom is -0.476 e. The number of nitrogens with zero attached hydrogens (tertiary/aromatic N) is 7. The molecular weight excluding hydrogens is 1240 g/mol. The number of hydrogen-bond acceptors (Lipinski definition) is 16. The lowest BCUT2D eigenvalue weighted by molar-refractivity contribution is -0.249. The van der Waals surface area contributed by atoms with Crippen LogP contribution in [0.1, 0.15) is 226 Å². The summed E-state index contributed by atoms with van der Waals surface area (Å²) < 4.78 is 62.2. The minimum absolute atomic E-state index is 0.0137. The second-order valence-corrected chi connectivity index (χ2v) is 36.4. The van der Waals surface area contributed by atoms with E-state index in [1.165, 1.54) is 0 Å². The monoisotopic (exact) mass is 1340 g/mol. The highest BCUT2D eigenvalue weighted by Crippen LogP contribution is 2.73. The van der Waals surface area contributed by atoms with E-state index >= 15 is 0 Å². The highest BCUT2D eigenvalue weighted by molar-refractivity contribution is 7.86. The van der Waals surface area contributed by atoms with Gasteiger partial charge in [-0.15, -0.1) is 0 Å². The molecule has 4 aromatic rings. The number of esters is 1. The van der Waals surface area contributed by atoms with Gasteiger partial charge in [-0.3, -0.25) is 13.5 Å². The maximum atomic E-state index is 13.2. The topological polar surface area (TPSA) is 243 Å². The maximum Gasteiger partial charge on any atom is 0.419 e. The standard InChI is InChI=1S/C39H57ClN4O7.C30H42ClN3O6S/c1-25-27(26-13-14-28(40)42-29(26)30(45)49-33(2,3)4)17-41-44(25)24-38-19-36(11)18-37(12,20-38)22-39(21-36,23-38)48-16-15-43(31(46)50-34(5,6)7)32(47)51-35(8,9)10;1-19-20(23-21(26(2,3)4)10-22(31)33-24(23)25(35)36)11-32-34(19)18-29-13-27(5)12-28(6,14-29)16-30(15-27,17-29)39-8-9-40-41(7,37)38/h13-14,17H,15-16,18-24H2,1-12H3;10-11H,8-9,12-18H2,1-7H3,(H,35,36). The van der Waals surface area contributed by atoms with Crippen molar-refractivity contribution < 1.29 is 60.6 Å².